The van der Waals surface area contributed by atoms with Crippen molar-refractivity contribution in [3.63, 3.8) is 0 Å². The zero-order chi connectivity index (χ0) is 12.3. The second kappa shape index (κ2) is 5.71. The number of rotatable bonds is 6. The first-order chi connectivity index (χ1) is 8.14. The molecule has 0 amide bonds. The number of hydrogen-bond donors (Lipinski definition) is 1. The molecule has 0 aromatic heterocycles. The molecule has 0 aromatic rings. The van der Waals surface area contributed by atoms with Crippen LogP contribution in [-0.2, 0) is 0 Å². The van der Waals surface area contributed by atoms with Gasteiger partial charge in [0.15, 0.2) is 0 Å². The van der Waals surface area contributed by atoms with Crippen LogP contribution in [0.25, 0.3) is 0 Å². The summed E-state index contributed by atoms with van der Waals surface area (Å²) in [5.74, 6) is 1.02. The molecule has 2 rings (SSSR count). The third-order valence-electron chi connectivity index (χ3n) is 4.74. The van der Waals surface area contributed by atoms with Crippen LogP contribution >= 0.6 is 0 Å². The quantitative estimate of drug-likeness (QED) is 0.765. The van der Waals surface area contributed by atoms with E-state index in [1.807, 2.05) is 0 Å². The highest BCUT2D eigenvalue weighted by Gasteiger charge is 2.38. The van der Waals surface area contributed by atoms with Crippen molar-refractivity contribution in [2.45, 2.75) is 70.9 Å². The van der Waals surface area contributed by atoms with Crippen LogP contribution in [0.1, 0.15) is 59.3 Å². The van der Waals surface area contributed by atoms with Crippen LogP contribution in [0.3, 0.4) is 0 Å². The molecule has 17 heavy (non-hydrogen) atoms. The van der Waals surface area contributed by atoms with Gasteiger partial charge in [-0.2, -0.15) is 0 Å². The van der Waals surface area contributed by atoms with Crippen LogP contribution < -0.4 is 5.32 Å². The summed E-state index contributed by atoms with van der Waals surface area (Å²) in [4.78, 5) is 2.73. The lowest BCUT2D eigenvalue weighted by atomic mass is 9.86. The van der Waals surface area contributed by atoms with Crippen LogP contribution in [0, 0.1) is 5.92 Å². The monoisotopic (exact) mass is 238 g/mol. The summed E-state index contributed by atoms with van der Waals surface area (Å²) in [6, 6.07) is 0.679. The topological polar surface area (TPSA) is 15.3 Å². The Morgan fingerprint density at radius 1 is 1.18 bits per heavy atom. The average Bonchev–Trinajstić information content (AvgIpc) is 3.14. The fourth-order valence-corrected chi connectivity index (χ4v) is 3.25. The van der Waals surface area contributed by atoms with Gasteiger partial charge in [-0.15, -0.1) is 0 Å². The smallest absolute Gasteiger partial charge is 0.0306 e. The third-order valence-corrected chi connectivity index (χ3v) is 4.74. The SMILES string of the molecule is CCNC(CC1CC1)C(C)(C)N1CCCCC1. The Bertz CT molecular complexity index is 227. The summed E-state index contributed by atoms with van der Waals surface area (Å²) in [6.45, 7) is 10.9. The van der Waals surface area contributed by atoms with Gasteiger partial charge in [-0.3, -0.25) is 4.90 Å². The number of hydrogen-bond acceptors (Lipinski definition) is 2. The van der Waals surface area contributed by atoms with Gasteiger partial charge < -0.3 is 5.32 Å². The highest BCUT2D eigenvalue weighted by atomic mass is 15.2. The van der Waals surface area contributed by atoms with Gasteiger partial charge in [0.1, 0.15) is 0 Å². The molecule has 100 valence electrons. The zero-order valence-electron chi connectivity index (χ0n) is 12.0. The number of nitrogens with one attached hydrogen (secondary N) is 1. The van der Waals surface area contributed by atoms with Crippen LogP contribution in [0.2, 0.25) is 0 Å². The minimum Gasteiger partial charge on any atom is -0.312 e. The van der Waals surface area contributed by atoms with Crippen molar-refractivity contribution in [1.29, 1.82) is 0 Å². The molecule has 0 aromatic carbocycles. The van der Waals surface area contributed by atoms with E-state index in [0.29, 0.717) is 11.6 Å². The van der Waals surface area contributed by atoms with E-state index in [4.69, 9.17) is 0 Å². The highest BCUT2D eigenvalue weighted by molar-refractivity contribution is 4.97. The van der Waals surface area contributed by atoms with Crippen molar-refractivity contribution in [2.75, 3.05) is 19.6 Å². The number of likely N-dealkylation sites (N-methyl/N-ethyl adjacent to an activating group) is 1. The van der Waals surface area contributed by atoms with Gasteiger partial charge in [0.2, 0.25) is 0 Å². The zero-order valence-corrected chi connectivity index (χ0v) is 12.0. The van der Waals surface area contributed by atoms with Crippen molar-refractivity contribution in [3.8, 4) is 0 Å². The first-order valence-corrected chi connectivity index (χ1v) is 7.63. The van der Waals surface area contributed by atoms with E-state index in [0.717, 1.165) is 12.5 Å². The van der Waals surface area contributed by atoms with E-state index in [2.05, 4.69) is 31.0 Å². The molecule has 0 bridgehead atoms. The Kier molecular flexibility index (Phi) is 4.48. The number of nitrogens with zero attached hydrogens (tertiary/aromatic N) is 1. The summed E-state index contributed by atoms with van der Waals surface area (Å²) in [5, 5.41) is 3.75. The standard InChI is InChI=1S/C15H30N2/c1-4-16-14(12-13-8-9-13)15(2,3)17-10-6-5-7-11-17/h13-14,16H,4-12H2,1-3H3. The lowest BCUT2D eigenvalue weighted by Gasteiger charge is -2.46. The van der Waals surface area contributed by atoms with E-state index < -0.39 is 0 Å². The fraction of sp³-hybridized carbons (Fsp3) is 1.00. The van der Waals surface area contributed by atoms with Crippen molar-refractivity contribution < 1.29 is 0 Å². The maximum Gasteiger partial charge on any atom is 0.0306 e. The van der Waals surface area contributed by atoms with Gasteiger partial charge in [-0.25, -0.2) is 0 Å². The van der Waals surface area contributed by atoms with E-state index in [9.17, 15) is 0 Å². The predicted octanol–water partition coefficient (Wildman–Crippen LogP) is 3.03. The first kappa shape index (κ1) is 13.4. The molecule has 1 aliphatic carbocycles. The van der Waals surface area contributed by atoms with Crippen LogP contribution in [0.4, 0.5) is 0 Å². The highest BCUT2D eigenvalue weighted by Crippen LogP contribution is 2.37. The molecule has 1 N–H and O–H groups in total. The van der Waals surface area contributed by atoms with Crippen LogP contribution in [-0.4, -0.2) is 36.1 Å². The van der Waals surface area contributed by atoms with Gasteiger partial charge in [-0.05, 0) is 58.7 Å². The van der Waals surface area contributed by atoms with Gasteiger partial charge in [-0.1, -0.05) is 26.2 Å². The predicted molar refractivity (Wildman–Crippen MR) is 74.3 cm³/mol. The maximum atomic E-state index is 3.75. The minimum absolute atomic E-state index is 0.332. The van der Waals surface area contributed by atoms with Crippen LogP contribution in [0.5, 0.6) is 0 Å². The maximum absolute atomic E-state index is 3.75. The number of piperidine rings is 1. The van der Waals surface area contributed by atoms with Gasteiger partial charge in [0.05, 0.1) is 0 Å². The molecule has 1 saturated heterocycles. The Morgan fingerprint density at radius 2 is 1.82 bits per heavy atom. The molecule has 1 heterocycles. The average molecular weight is 238 g/mol. The van der Waals surface area contributed by atoms with Crippen molar-refractivity contribution in [3.05, 3.63) is 0 Å². The Labute approximate surface area is 107 Å². The second-order valence-corrected chi connectivity index (χ2v) is 6.49. The van der Waals surface area contributed by atoms with Crippen LogP contribution in [0.15, 0.2) is 0 Å². The van der Waals surface area contributed by atoms with Gasteiger partial charge in [0, 0.05) is 11.6 Å². The summed E-state index contributed by atoms with van der Waals surface area (Å²) in [7, 11) is 0. The molecule has 1 unspecified atom stereocenters. The summed E-state index contributed by atoms with van der Waals surface area (Å²) >= 11 is 0. The molecule has 2 nitrogen and oxygen atoms in total. The van der Waals surface area contributed by atoms with Crippen molar-refractivity contribution >= 4 is 0 Å². The molecule has 0 spiro atoms. The summed E-state index contributed by atoms with van der Waals surface area (Å²) in [6.07, 6.45) is 8.55. The second-order valence-electron chi connectivity index (χ2n) is 6.49. The third kappa shape index (κ3) is 3.45. The van der Waals surface area contributed by atoms with E-state index in [-0.39, 0.29) is 0 Å². The Morgan fingerprint density at radius 3 is 2.35 bits per heavy atom. The molecule has 2 heteroatoms. The lowest BCUT2D eigenvalue weighted by Crippen LogP contribution is -2.59. The fourth-order valence-electron chi connectivity index (χ4n) is 3.25. The molecule has 1 aliphatic heterocycles. The molecular weight excluding hydrogens is 208 g/mol. The van der Waals surface area contributed by atoms with Gasteiger partial charge in [0.25, 0.3) is 0 Å². The molecule has 1 saturated carbocycles. The van der Waals surface area contributed by atoms with E-state index in [1.165, 1.54) is 51.6 Å². The Balaban J connectivity index is 1.96. The number of likely N-dealkylation sites (tertiary alicyclic amines) is 1. The van der Waals surface area contributed by atoms with Crippen molar-refractivity contribution in [1.82, 2.24) is 10.2 Å². The normalized spacial score (nSPS) is 24.9. The molecule has 2 fully saturated rings. The molecular formula is C15H30N2. The summed E-state index contributed by atoms with van der Waals surface area (Å²) in [5.41, 5.74) is 0.332. The molecule has 2 aliphatic rings. The Hall–Kier alpha value is -0.0800. The largest absolute Gasteiger partial charge is 0.312 e. The lowest BCUT2D eigenvalue weighted by molar-refractivity contribution is 0.0569. The van der Waals surface area contributed by atoms with E-state index in [1.54, 1.807) is 0 Å². The first-order valence-electron chi connectivity index (χ1n) is 7.63. The van der Waals surface area contributed by atoms with Crippen molar-refractivity contribution in [2.24, 2.45) is 5.92 Å². The minimum atomic E-state index is 0.332. The van der Waals surface area contributed by atoms with Gasteiger partial charge >= 0.3 is 0 Å². The van der Waals surface area contributed by atoms with E-state index >= 15 is 0 Å². The molecule has 1 atom stereocenters. The summed E-state index contributed by atoms with van der Waals surface area (Å²) < 4.78 is 0. The molecule has 0 radical (unpaired) electrons.